The predicted octanol–water partition coefficient (Wildman–Crippen LogP) is 7.75. The quantitative estimate of drug-likeness (QED) is 0.338. The normalized spacial score (nSPS) is 11.2. The minimum absolute atomic E-state index is 0.572. The maximum absolute atomic E-state index is 5.97. The Balaban J connectivity index is 1.57. The van der Waals surface area contributed by atoms with Crippen molar-refractivity contribution < 1.29 is 9.15 Å². The molecule has 3 heteroatoms. The molecule has 0 unspecified atom stereocenters. The van der Waals surface area contributed by atoms with E-state index >= 15 is 0 Å². The zero-order chi connectivity index (χ0) is 22.2. The van der Waals surface area contributed by atoms with E-state index < -0.39 is 0 Å². The molecule has 3 nitrogen and oxygen atoms in total. The van der Waals surface area contributed by atoms with Gasteiger partial charge in [-0.25, -0.2) is 4.98 Å². The van der Waals surface area contributed by atoms with E-state index in [4.69, 9.17) is 9.15 Å². The first-order valence-electron chi connectivity index (χ1n) is 11.3. The largest absolute Gasteiger partial charge is 0.493 e. The molecule has 0 radical (unpaired) electrons. The van der Waals surface area contributed by atoms with Gasteiger partial charge in [0.05, 0.1) is 12.3 Å². The molecular weight excluding hydrogens is 382 g/mol. The Bertz CT molecular complexity index is 954. The van der Waals surface area contributed by atoms with Crippen molar-refractivity contribution in [3.8, 4) is 17.2 Å². The van der Waals surface area contributed by atoms with Crippen molar-refractivity contribution in [2.75, 3.05) is 6.61 Å². The molecule has 0 N–H and O–H groups in total. The highest BCUT2D eigenvalue weighted by molar-refractivity contribution is 5.54. The van der Waals surface area contributed by atoms with E-state index in [0.29, 0.717) is 24.3 Å². The summed E-state index contributed by atoms with van der Waals surface area (Å²) >= 11 is 0. The van der Waals surface area contributed by atoms with Gasteiger partial charge in [0.1, 0.15) is 11.5 Å². The summed E-state index contributed by atoms with van der Waals surface area (Å²) in [6.07, 6.45) is 5.36. The van der Waals surface area contributed by atoms with Crippen LogP contribution in [0.5, 0.6) is 5.75 Å². The fraction of sp³-hybridized carbons (Fsp3) is 0.393. The van der Waals surface area contributed by atoms with Gasteiger partial charge in [-0.05, 0) is 61.4 Å². The predicted molar refractivity (Wildman–Crippen MR) is 129 cm³/mol. The maximum atomic E-state index is 5.97. The van der Waals surface area contributed by atoms with Crippen LogP contribution < -0.4 is 4.74 Å². The number of nitrogens with zero attached hydrogens (tertiary/aromatic N) is 1. The van der Waals surface area contributed by atoms with Gasteiger partial charge in [-0.2, -0.15) is 0 Å². The van der Waals surface area contributed by atoms with E-state index in [2.05, 4.69) is 63.0 Å². The summed E-state index contributed by atoms with van der Waals surface area (Å²) in [5.74, 6) is 3.76. The molecule has 0 spiro atoms. The lowest BCUT2D eigenvalue weighted by Gasteiger charge is -2.13. The number of allylic oxidation sites excluding steroid dienone is 1. The van der Waals surface area contributed by atoms with Gasteiger partial charge < -0.3 is 9.15 Å². The van der Waals surface area contributed by atoms with Crippen molar-refractivity contribution in [2.45, 2.75) is 53.9 Å². The Labute approximate surface area is 187 Å². The van der Waals surface area contributed by atoms with Gasteiger partial charge in [0, 0.05) is 12.0 Å². The molecule has 31 heavy (non-hydrogen) atoms. The number of hydrogen-bond acceptors (Lipinski definition) is 3. The Morgan fingerprint density at radius 1 is 0.935 bits per heavy atom. The number of aryl methyl sites for hydroxylation is 1. The number of oxazole rings is 1. The van der Waals surface area contributed by atoms with Crippen LogP contribution in [0.3, 0.4) is 0 Å². The monoisotopic (exact) mass is 417 g/mol. The molecule has 0 atom stereocenters. The van der Waals surface area contributed by atoms with Crippen molar-refractivity contribution in [1.29, 1.82) is 0 Å². The molecule has 0 fully saturated rings. The van der Waals surface area contributed by atoms with Crippen LogP contribution in [0.2, 0.25) is 0 Å². The number of aromatic nitrogens is 1. The summed E-state index contributed by atoms with van der Waals surface area (Å²) in [7, 11) is 0. The summed E-state index contributed by atoms with van der Waals surface area (Å²) in [6, 6.07) is 18.4. The first kappa shape index (κ1) is 22.9. The molecule has 1 heterocycles. The average molecular weight is 418 g/mol. The first-order valence-corrected chi connectivity index (χ1v) is 11.3. The average Bonchev–Trinajstić information content (AvgIpc) is 3.10. The maximum Gasteiger partial charge on any atom is 0.226 e. The van der Waals surface area contributed by atoms with Gasteiger partial charge in [-0.3, -0.25) is 0 Å². The molecule has 0 saturated carbocycles. The van der Waals surface area contributed by atoms with Gasteiger partial charge >= 0.3 is 0 Å². The molecule has 2 aromatic carbocycles. The second-order valence-electron chi connectivity index (χ2n) is 9.05. The Morgan fingerprint density at radius 2 is 1.58 bits per heavy atom. The van der Waals surface area contributed by atoms with E-state index in [1.54, 1.807) is 0 Å². The van der Waals surface area contributed by atoms with E-state index in [0.717, 1.165) is 42.0 Å². The summed E-state index contributed by atoms with van der Waals surface area (Å²) in [6.45, 7) is 11.7. The van der Waals surface area contributed by atoms with Crippen LogP contribution in [0.4, 0.5) is 0 Å². The van der Waals surface area contributed by atoms with Crippen molar-refractivity contribution in [3.05, 3.63) is 77.2 Å². The van der Waals surface area contributed by atoms with Gasteiger partial charge in [-0.15, -0.1) is 0 Å². The van der Waals surface area contributed by atoms with Crippen molar-refractivity contribution in [1.82, 2.24) is 4.98 Å². The fourth-order valence-corrected chi connectivity index (χ4v) is 3.78. The van der Waals surface area contributed by atoms with Crippen LogP contribution in [0.15, 0.2) is 64.6 Å². The smallest absolute Gasteiger partial charge is 0.226 e. The third kappa shape index (κ3) is 7.13. The summed E-state index contributed by atoms with van der Waals surface area (Å²) in [5, 5.41) is 0. The first-order chi connectivity index (χ1) is 14.9. The van der Waals surface area contributed by atoms with Gasteiger partial charge in [0.25, 0.3) is 0 Å². The van der Waals surface area contributed by atoms with E-state index in [9.17, 15) is 0 Å². The molecule has 3 rings (SSSR count). The molecule has 0 aliphatic carbocycles. The number of rotatable bonds is 10. The van der Waals surface area contributed by atoms with Crippen LogP contribution in [-0.4, -0.2) is 11.6 Å². The van der Waals surface area contributed by atoms with Gasteiger partial charge in [0.15, 0.2) is 0 Å². The zero-order valence-electron chi connectivity index (χ0n) is 19.5. The lowest BCUT2D eigenvalue weighted by atomic mass is 9.93. The highest BCUT2D eigenvalue weighted by Gasteiger charge is 2.11. The zero-order valence-corrected chi connectivity index (χ0v) is 19.5. The molecule has 0 aliphatic heterocycles. The third-order valence-corrected chi connectivity index (χ3v) is 5.11. The Kier molecular flexibility index (Phi) is 8.11. The second kappa shape index (κ2) is 11.0. The molecule has 164 valence electrons. The third-order valence-electron chi connectivity index (χ3n) is 5.11. The van der Waals surface area contributed by atoms with Crippen LogP contribution in [0.1, 0.15) is 57.6 Å². The second-order valence-corrected chi connectivity index (χ2v) is 9.05. The SMILES string of the molecule is Cc1oc(-c2ccccc2)nc1CCOc1ccc(C=C(CC(C)C)CC(C)C)cc1. The van der Waals surface area contributed by atoms with E-state index in [1.807, 2.05) is 37.3 Å². The van der Waals surface area contributed by atoms with Crippen molar-refractivity contribution >= 4 is 6.08 Å². The standard InChI is InChI=1S/C28H35NO2/c1-20(2)17-24(18-21(3)4)19-23-11-13-26(14-12-23)30-16-15-27-22(5)31-28(29-27)25-9-7-6-8-10-25/h6-14,19-21H,15-18H2,1-5H3. The minimum atomic E-state index is 0.572. The Hall–Kier alpha value is -2.81. The summed E-state index contributed by atoms with van der Waals surface area (Å²) in [5.41, 5.74) is 4.71. The van der Waals surface area contributed by atoms with Crippen LogP contribution in [0, 0.1) is 18.8 Å². The summed E-state index contributed by atoms with van der Waals surface area (Å²) in [4.78, 5) is 4.65. The molecule has 0 aliphatic rings. The minimum Gasteiger partial charge on any atom is -0.493 e. The molecule has 0 saturated heterocycles. The number of hydrogen-bond donors (Lipinski definition) is 0. The molecular formula is C28H35NO2. The van der Waals surface area contributed by atoms with E-state index in [1.165, 1.54) is 11.1 Å². The van der Waals surface area contributed by atoms with Crippen molar-refractivity contribution in [3.63, 3.8) is 0 Å². The van der Waals surface area contributed by atoms with E-state index in [-0.39, 0.29) is 0 Å². The Morgan fingerprint density at radius 3 is 2.19 bits per heavy atom. The number of benzene rings is 2. The lowest BCUT2D eigenvalue weighted by Crippen LogP contribution is -2.02. The highest BCUT2D eigenvalue weighted by atomic mass is 16.5. The molecule has 0 amide bonds. The topological polar surface area (TPSA) is 35.3 Å². The van der Waals surface area contributed by atoms with Crippen LogP contribution in [0.25, 0.3) is 17.5 Å². The van der Waals surface area contributed by atoms with Gasteiger partial charge in [0.2, 0.25) is 5.89 Å². The van der Waals surface area contributed by atoms with Crippen LogP contribution in [-0.2, 0) is 6.42 Å². The summed E-state index contributed by atoms with van der Waals surface area (Å²) < 4.78 is 11.8. The molecule has 0 bridgehead atoms. The highest BCUT2D eigenvalue weighted by Crippen LogP contribution is 2.24. The van der Waals surface area contributed by atoms with Crippen molar-refractivity contribution in [2.24, 2.45) is 11.8 Å². The fourth-order valence-electron chi connectivity index (χ4n) is 3.78. The molecule has 3 aromatic rings. The lowest BCUT2D eigenvalue weighted by molar-refractivity contribution is 0.320. The van der Waals surface area contributed by atoms with Crippen LogP contribution >= 0.6 is 0 Å². The number of ether oxygens (including phenoxy) is 1. The van der Waals surface area contributed by atoms with Gasteiger partial charge in [-0.1, -0.05) is 69.7 Å². The molecule has 1 aromatic heterocycles.